The van der Waals surface area contributed by atoms with E-state index in [4.69, 9.17) is 0 Å². The van der Waals surface area contributed by atoms with Crippen molar-refractivity contribution in [2.45, 2.75) is 31.7 Å². The van der Waals surface area contributed by atoms with Gasteiger partial charge in [0.15, 0.2) is 0 Å². The summed E-state index contributed by atoms with van der Waals surface area (Å²) >= 11 is 0. The first kappa shape index (κ1) is 17.7. The van der Waals surface area contributed by atoms with Crippen LogP contribution in [0.1, 0.15) is 36.4 Å². The molecule has 0 saturated carbocycles. The van der Waals surface area contributed by atoms with Crippen LogP contribution in [0.2, 0.25) is 0 Å². The zero-order valence-corrected chi connectivity index (χ0v) is 15.6. The second kappa shape index (κ2) is 7.53. The molecule has 2 amide bonds. The fraction of sp³-hybridized carbons (Fsp3) is 0.364. The summed E-state index contributed by atoms with van der Waals surface area (Å²) in [6.45, 7) is 1.13. The molecule has 0 bridgehead atoms. The Morgan fingerprint density at radius 1 is 1.15 bits per heavy atom. The van der Waals surface area contributed by atoms with Crippen LogP contribution < -0.4 is 10.2 Å². The molecule has 2 aromatic rings. The summed E-state index contributed by atoms with van der Waals surface area (Å²) in [5.74, 6) is 0.150. The van der Waals surface area contributed by atoms with Crippen LogP contribution in [0.25, 0.3) is 0 Å². The Hall–Kier alpha value is -2.66. The number of amides is 2. The predicted molar refractivity (Wildman–Crippen MR) is 107 cm³/mol. The molecular weight excluding hydrogens is 338 g/mol. The maximum absolute atomic E-state index is 12.5. The van der Waals surface area contributed by atoms with Crippen molar-refractivity contribution in [2.75, 3.05) is 30.4 Å². The third-order valence-corrected chi connectivity index (χ3v) is 5.56. The Bertz CT molecular complexity index is 847. The highest BCUT2D eigenvalue weighted by molar-refractivity contribution is 5.96. The molecule has 2 aliphatic rings. The molecule has 0 unspecified atom stereocenters. The predicted octanol–water partition coefficient (Wildman–Crippen LogP) is 3.37. The number of carbonyl (C=O) groups is 2. The third kappa shape index (κ3) is 3.74. The molecule has 1 aliphatic carbocycles. The van der Waals surface area contributed by atoms with Crippen LogP contribution in [-0.4, -0.2) is 36.9 Å². The highest BCUT2D eigenvalue weighted by atomic mass is 16.2. The van der Waals surface area contributed by atoms with Gasteiger partial charge in [0.1, 0.15) is 0 Å². The lowest BCUT2D eigenvalue weighted by atomic mass is 10.1. The molecule has 5 heteroatoms. The molecule has 1 saturated heterocycles. The summed E-state index contributed by atoms with van der Waals surface area (Å²) in [6, 6.07) is 16.3. The highest BCUT2D eigenvalue weighted by Crippen LogP contribution is 2.34. The van der Waals surface area contributed by atoms with Crippen molar-refractivity contribution in [3.8, 4) is 0 Å². The number of carbonyl (C=O) groups excluding carboxylic acids is 2. The number of hydrogen-bond donors (Lipinski definition) is 1. The van der Waals surface area contributed by atoms with Gasteiger partial charge in [-0.15, -0.1) is 0 Å². The van der Waals surface area contributed by atoms with Crippen molar-refractivity contribution in [2.24, 2.45) is 0 Å². The van der Waals surface area contributed by atoms with Crippen LogP contribution in [0.15, 0.2) is 48.5 Å². The summed E-state index contributed by atoms with van der Waals surface area (Å²) in [6.07, 6.45) is 3.66. The molecule has 4 rings (SSSR count). The van der Waals surface area contributed by atoms with E-state index in [2.05, 4.69) is 34.5 Å². The van der Waals surface area contributed by atoms with E-state index in [1.54, 1.807) is 4.90 Å². The Morgan fingerprint density at radius 2 is 1.93 bits per heavy atom. The number of nitrogens with zero attached hydrogens (tertiary/aromatic N) is 2. The van der Waals surface area contributed by atoms with E-state index in [9.17, 15) is 9.59 Å². The van der Waals surface area contributed by atoms with Gasteiger partial charge >= 0.3 is 0 Å². The molecule has 27 heavy (non-hydrogen) atoms. The molecule has 1 heterocycles. The molecule has 140 valence electrons. The first-order valence-electron chi connectivity index (χ1n) is 9.60. The van der Waals surface area contributed by atoms with Gasteiger partial charge < -0.3 is 10.2 Å². The van der Waals surface area contributed by atoms with Gasteiger partial charge in [0, 0.05) is 30.4 Å². The van der Waals surface area contributed by atoms with Crippen LogP contribution in [0.4, 0.5) is 11.4 Å². The number of hydrogen-bond acceptors (Lipinski definition) is 3. The highest BCUT2D eigenvalue weighted by Gasteiger charge is 2.26. The maximum atomic E-state index is 12.5. The van der Waals surface area contributed by atoms with Crippen molar-refractivity contribution in [3.05, 3.63) is 59.7 Å². The Morgan fingerprint density at radius 3 is 2.67 bits per heavy atom. The lowest BCUT2D eigenvalue weighted by Gasteiger charge is -2.24. The topological polar surface area (TPSA) is 52.7 Å². The molecule has 1 fully saturated rings. The molecule has 0 radical (unpaired) electrons. The smallest absolute Gasteiger partial charge is 0.238 e. The zero-order valence-electron chi connectivity index (χ0n) is 15.6. The summed E-state index contributed by atoms with van der Waals surface area (Å²) in [5, 5.41) is 2.97. The summed E-state index contributed by atoms with van der Waals surface area (Å²) < 4.78 is 0. The Balaban J connectivity index is 1.35. The Labute approximate surface area is 160 Å². The van der Waals surface area contributed by atoms with E-state index in [-0.39, 0.29) is 11.8 Å². The molecular formula is C22H25N3O2. The van der Waals surface area contributed by atoms with Gasteiger partial charge in [0.2, 0.25) is 11.8 Å². The van der Waals surface area contributed by atoms with Crippen molar-refractivity contribution < 1.29 is 9.59 Å². The van der Waals surface area contributed by atoms with Crippen molar-refractivity contribution in [1.29, 1.82) is 0 Å². The van der Waals surface area contributed by atoms with Crippen molar-refractivity contribution >= 4 is 23.2 Å². The van der Waals surface area contributed by atoms with Gasteiger partial charge in [-0.3, -0.25) is 14.5 Å². The normalized spacial score (nSPS) is 18.8. The van der Waals surface area contributed by atoms with Crippen molar-refractivity contribution in [3.63, 3.8) is 0 Å². The minimum Gasteiger partial charge on any atom is -0.325 e. The summed E-state index contributed by atoms with van der Waals surface area (Å²) in [7, 11) is 2.01. The number of aryl methyl sites for hydroxylation is 1. The number of rotatable bonds is 5. The Kier molecular flexibility index (Phi) is 4.94. The standard InChI is InChI=1S/C22H25N3O2/c1-24(20-13-8-16-5-2-3-6-19(16)20)15-21(26)23-17-9-11-18(12-10-17)25-14-4-7-22(25)27/h2-3,5-6,9-12,20H,4,7-8,13-15H2,1H3,(H,23,26)/t20-/m0/s1. The van der Waals surface area contributed by atoms with Crippen LogP contribution in [0.3, 0.4) is 0 Å². The van der Waals surface area contributed by atoms with E-state index in [0.717, 1.165) is 37.2 Å². The average molecular weight is 363 g/mol. The van der Waals surface area contributed by atoms with E-state index >= 15 is 0 Å². The molecule has 0 aromatic heterocycles. The quantitative estimate of drug-likeness (QED) is 0.886. The van der Waals surface area contributed by atoms with Crippen LogP contribution in [0.5, 0.6) is 0 Å². The minimum absolute atomic E-state index is 0.0214. The number of nitrogens with one attached hydrogen (secondary N) is 1. The van der Waals surface area contributed by atoms with Gasteiger partial charge in [-0.25, -0.2) is 0 Å². The lowest BCUT2D eigenvalue weighted by Crippen LogP contribution is -2.32. The van der Waals surface area contributed by atoms with E-state index < -0.39 is 0 Å². The molecule has 1 atom stereocenters. The van der Waals surface area contributed by atoms with Gasteiger partial charge in [0.25, 0.3) is 0 Å². The number of anilines is 2. The van der Waals surface area contributed by atoms with Crippen LogP contribution in [0, 0.1) is 0 Å². The minimum atomic E-state index is -0.0214. The first-order chi connectivity index (χ1) is 13.1. The molecule has 0 spiro atoms. The molecule has 2 aromatic carbocycles. The molecule has 1 aliphatic heterocycles. The number of benzene rings is 2. The van der Waals surface area contributed by atoms with Crippen molar-refractivity contribution in [1.82, 2.24) is 4.90 Å². The van der Waals surface area contributed by atoms with Crippen LogP contribution >= 0.6 is 0 Å². The first-order valence-corrected chi connectivity index (χ1v) is 9.60. The van der Waals surface area contributed by atoms with Crippen LogP contribution in [-0.2, 0) is 16.0 Å². The zero-order chi connectivity index (χ0) is 18.8. The second-order valence-electron chi connectivity index (χ2n) is 7.41. The summed E-state index contributed by atoms with van der Waals surface area (Å²) in [5.41, 5.74) is 4.39. The molecule has 1 N–H and O–H groups in total. The van der Waals surface area contributed by atoms with E-state index in [1.165, 1.54) is 11.1 Å². The average Bonchev–Trinajstić information content (AvgIpc) is 3.28. The molecule has 5 nitrogen and oxygen atoms in total. The second-order valence-corrected chi connectivity index (χ2v) is 7.41. The van der Waals surface area contributed by atoms with Gasteiger partial charge in [-0.1, -0.05) is 24.3 Å². The lowest BCUT2D eigenvalue weighted by molar-refractivity contribution is -0.118. The van der Waals surface area contributed by atoms with Gasteiger partial charge in [-0.05, 0) is 61.7 Å². The fourth-order valence-corrected chi connectivity index (χ4v) is 4.18. The SMILES string of the molecule is CN(CC(=O)Nc1ccc(N2CCCC2=O)cc1)[C@H]1CCc2ccccc21. The summed E-state index contributed by atoms with van der Waals surface area (Å²) in [4.78, 5) is 28.2. The largest absolute Gasteiger partial charge is 0.325 e. The van der Waals surface area contributed by atoms with Gasteiger partial charge in [0.05, 0.1) is 6.54 Å². The van der Waals surface area contributed by atoms with Gasteiger partial charge in [-0.2, -0.15) is 0 Å². The fourth-order valence-electron chi connectivity index (χ4n) is 4.18. The third-order valence-electron chi connectivity index (χ3n) is 5.56. The maximum Gasteiger partial charge on any atom is 0.238 e. The monoisotopic (exact) mass is 363 g/mol. The van der Waals surface area contributed by atoms with E-state index in [1.807, 2.05) is 31.3 Å². The number of likely N-dealkylation sites (N-methyl/N-ethyl adjacent to an activating group) is 1. The number of fused-ring (bicyclic) bond motifs is 1. The van der Waals surface area contributed by atoms with E-state index in [0.29, 0.717) is 19.0 Å².